The van der Waals surface area contributed by atoms with Crippen molar-refractivity contribution >= 4 is 29.4 Å². The van der Waals surface area contributed by atoms with E-state index in [1.54, 1.807) is 37.3 Å². The van der Waals surface area contributed by atoms with Gasteiger partial charge in [-0.25, -0.2) is 0 Å². The molecule has 0 spiro atoms. The second-order valence-corrected chi connectivity index (χ2v) is 11.2. The summed E-state index contributed by atoms with van der Waals surface area (Å²) in [4.78, 5) is 34.4. The Hall–Kier alpha value is -3.99. The van der Waals surface area contributed by atoms with Crippen molar-refractivity contribution in [2.24, 2.45) is 4.99 Å². The zero-order chi connectivity index (χ0) is 29.2. The van der Waals surface area contributed by atoms with E-state index in [1.165, 1.54) is 0 Å². The third kappa shape index (κ3) is 5.45. The summed E-state index contributed by atoms with van der Waals surface area (Å²) in [5, 5.41) is 13.4. The summed E-state index contributed by atoms with van der Waals surface area (Å²) in [5.41, 5.74) is 2.40. The number of benzene rings is 2. The van der Waals surface area contributed by atoms with E-state index in [1.807, 2.05) is 17.2 Å². The molecule has 11 nitrogen and oxygen atoms in total. The predicted octanol–water partition coefficient (Wildman–Crippen LogP) is 3.65. The number of aliphatic imine (C=N–C) groups is 1. The first kappa shape index (κ1) is 28.1. The van der Waals surface area contributed by atoms with Crippen LogP contribution in [0.25, 0.3) is 0 Å². The summed E-state index contributed by atoms with van der Waals surface area (Å²) in [5.74, 6) is 2.07. The number of anilines is 1. The Kier molecular flexibility index (Phi) is 8.10. The number of hydrogen-bond acceptors (Lipinski definition) is 9. The van der Waals surface area contributed by atoms with E-state index in [4.69, 9.17) is 18.9 Å². The lowest BCUT2D eigenvalue weighted by molar-refractivity contribution is 0.0727. The van der Waals surface area contributed by atoms with Crippen LogP contribution in [0.4, 0.5) is 11.4 Å². The summed E-state index contributed by atoms with van der Waals surface area (Å²) >= 11 is 0. The van der Waals surface area contributed by atoms with Gasteiger partial charge in [-0.1, -0.05) is 0 Å². The molecule has 1 unspecified atom stereocenters. The minimum absolute atomic E-state index is 0.0106. The average Bonchev–Trinajstić information content (AvgIpc) is 3.57. The SMILES string of the molecule is COc1cc2c(cc1OCCCCCOc1cc3c(cc1OC)C(=O)N1CC(O)C[C@H]1CN3)N=C[C@@H]1CCCN1C2=O. The number of carbonyl (C=O) groups excluding carboxylic acids is 2. The van der Waals surface area contributed by atoms with Crippen LogP contribution >= 0.6 is 0 Å². The molecule has 4 aliphatic heterocycles. The molecule has 0 saturated carbocycles. The van der Waals surface area contributed by atoms with Gasteiger partial charge in [0.2, 0.25) is 0 Å². The van der Waals surface area contributed by atoms with Gasteiger partial charge in [-0.2, -0.15) is 0 Å². The third-order valence-corrected chi connectivity index (χ3v) is 8.48. The second-order valence-electron chi connectivity index (χ2n) is 11.2. The van der Waals surface area contributed by atoms with Crippen molar-refractivity contribution in [2.75, 3.05) is 52.4 Å². The molecule has 2 aromatic rings. The monoisotopic (exact) mass is 578 g/mol. The van der Waals surface area contributed by atoms with Gasteiger partial charge in [-0.15, -0.1) is 0 Å². The number of methoxy groups -OCH3 is 2. The largest absolute Gasteiger partial charge is 0.493 e. The average molecular weight is 579 g/mol. The molecule has 3 atom stereocenters. The molecule has 2 fully saturated rings. The molecule has 2 saturated heterocycles. The number of nitrogens with one attached hydrogen (secondary N) is 1. The molecule has 42 heavy (non-hydrogen) atoms. The van der Waals surface area contributed by atoms with Gasteiger partial charge in [0.05, 0.1) is 68.1 Å². The summed E-state index contributed by atoms with van der Waals surface area (Å²) in [6, 6.07) is 7.11. The highest BCUT2D eigenvalue weighted by Crippen LogP contribution is 2.39. The lowest BCUT2D eigenvalue weighted by atomic mass is 10.1. The Bertz CT molecular complexity index is 1380. The Balaban J connectivity index is 1.01. The predicted molar refractivity (Wildman–Crippen MR) is 157 cm³/mol. The standard InChI is InChI=1S/C31H38N4O7/c1-39-26-12-22-24(32-16-19-7-6-8-34(19)30(22)37)14-28(26)41-9-4-3-5-10-42-29-15-25-23(13-27(29)40-2)31(38)35-18-21(36)11-20(35)17-33-25/h12-16,19-21,33,36H,3-11,17-18H2,1-2H3/t19-,20-,21?/m0/s1. The maximum Gasteiger partial charge on any atom is 0.256 e. The number of carbonyl (C=O) groups is 2. The highest BCUT2D eigenvalue weighted by molar-refractivity contribution is 6.03. The van der Waals surface area contributed by atoms with Crippen LogP contribution < -0.4 is 24.3 Å². The number of aliphatic hydroxyl groups is 1. The topological polar surface area (TPSA) is 122 Å². The van der Waals surface area contributed by atoms with E-state index < -0.39 is 6.10 Å². The molecule has 11 heteroatoms. The fourth-order valence-electron chi connectivity index (χ4n) is 6.24. The van der Waals surface area contributed by atoms with Crippen molar-refractivity contribution in [3.8, 4) is 23.0 Å². The molecule has 6 rings (SSSR count). The van der Waals surface area contributed by atoms with Crippen LogP contribution in [0, 0.1) is 0 Å². The number of rotatable bonds is 10. The van der Waals surface area contributed by atoms with Crippen LogP contribution in [0.2, 0.25) is 0 Å². The number of nitrogens with zero attached hydrogens (tertiary/aromatic N) is 3. The highest BCUT2D eigenvalue weighted by atomic mass is 16.5. The van der Waals surface area contributed by atoms with E-state index in [2.05, 4.69) is 10.3 Å². The molecule has 0 bridgehead atoms. The van der Waals surface area contributed by atoms with E-state index in [0.29, 0.717) is 78.2 Å². The van der Waals surface area contributed by atoms with Gasteiger partial charge in [-0.3, -0.25) is 14.6 Å². The van der Waals surface area contributed by atoms with Crippen molar-refractivity contribution in [2.45, 2.75) is 56.7 Å². The summed E-state index contributed by atoms with van der Waals surface area (Å²) in [6.07, 6.45) is 6.38. The van der Waals surface area contributed by atoms with Crippen molar-refractivity contribution < 1.29 is 33.6 Å². The van der Waals surface area contributed by atoms with Crippen LogP contribution in [0.1, 0.15) is 59.2 Å². The molecular weight excluding hydrogens is 540 g/mol. The minimum Gasteiger partial charge on any atom is -0.493 e. The number of unbranched alkanes of at least 4 members (excludes halogenated alkanes) is 2. The van der Waals surface area contributed by atoms with Crippen LogP contribution in [0.3, 0.4) is 0 Å². The van der Waals surface area contributed by atoms with Gasteiger partial charge >= 0.3 is 0 Å². The Morgan fingerprint density at radius 1 is 0.905 bits per heavy atom. The molecule has 4 aliphatic rings. The highest BCUT2D eigenvalue weighted by Gasteiger charge is 2.38. The molecular formula is C31H38N4O7. The summed E-state index contributed by atoms with van der Waals surface area (Å²) in [6.45, 7) is 2.65. The van der Waals surface area contributed by atoms with Gasteiger partial charge < -0.3 is 39.2 Å². The third-order valence-electron chi connectivity index (χ3n) is 8.48. The van der Waals surface area contributed by atoms with E-state index >= 15 is 0 Å². The van der Waals surface area contributed by atoms with Crippen LogP contribution in [0.5, 0.6) is 23.0 Å². The fourth-order valence-corrected chi connectivity index (χ4v) is 6.24. The Morgan fingerprint density at radius 2 is 1.60 bits per heavy atom. The molecule has 224 valence electrons. The van der Waals surface area contributed by atoms with Gasteiger partial charge in [0.1, 0.15) is 0 Å². The first-order valence-corrected chi connectivity index (χ1v) is 14.7. The summed E-state index contributed by atoms with van der Waals surface area (Å²) in [7, 11) is 3.13. The second kappa shape index (κ2) is 12.1. The fraction of sp³-hybridized carbons (Fsp3) is 0.516. The molecule has 2 amide bonds. The molecule has 0 radical (unpaired) electrons. The molecule has 2 N–H and O–H groups in total. The minimum atomic E-state index is -0.486. The number of ether oxygens (including phenoxy) is 4. The van der Waals surface area contributed by atoms with Gasteiger partial charge in [0.25, 0.3) is 11.8 Å². The molecule has 2 aromatic carbocycles. The zero-order valence-electron chi connectivity index (χ0n) is 24.1. The maximum absolute atomic E-state index is 13.1. The summed E-state index contributed by atoms with van der Waals surface area (Å²) < 4.78 is 23.2. The van der Waals surface area contributed by atoms with E-state index in [9.17, 15) is 14.7 Å². The first-order valence-electron chi connectivity index (χ1n) is 14.7. The first-order chi connectivity index (χ1) is 20.5. The number of aliphatic hydroxyl groups excluding tert-OH is 1. The Labute approximate surface area is 245 Å². The van der Waals surface area contributed by atoms with Crippen molar-refractivity contribution in [1.29, 1.82) is 0 Å². The van der Waals surface area contributed by atoms with E-state index in [0.717, 1.165) is 38.6 Å². The van der Waals surface area contributed by atoms with Crippen LogP contribution in [-0.2, 0) is 0 Å². The maximum atomic E-state index is 13.1. The smallest absolute Gasteiger partial charge is 0.256 e. The van der Waals surface area contributed by atoms with Gasteiger partial charge in [0, 0.05) is 38.0 Å². The van der Waals surface area contributed by atoms with Crippen molar-refractivity contribution in [3.63, 3.8) is 0 Å². The van der Waals surface area contributed by atoms with Crippen molar-refractivity contribution in [3.05, 3.63) is 35.4 Å². The van der Waals surface area contributed by atoms with Gasteiger partial charge in [0.15, 0.2) is 23.0 Å². The molecule has 0 aliphatic carbocycles. The normalized spacial score (nSPS) is 22.4. The van der Waals surface area contributed by atoms with E-state index in [-0.39, 0.29) is 23.9 Å². The van der Waals surface area contributed by atoms with Gasteiger partial charge in [-0.05, 0) is 50.7 Å². The Morgan fingerprint density at radius 3 is 2.33 bits per heavy atom. The zero-order valence-corrected chi connectivity index (χ0v) is 24.1. The number of hydrogen-bond donors (Lipinski definition) is 2. The van der Waals surface area contributed by atoms with Crippen LogP contribution in [-0.4, -0.2) is 98.2 Å². The quantitative estimate of drug-likeness (QED) is 0.410. The lowest BCUT2D eigenvalue weighted by Crippen LogP contribution is -2.37. The van der Waals surface area contributed by atoms with Crippen molar-refractivity contribution in [1.82, 2.24) is 9.80 Å². The number of fused-ring (bicyclic) bond motifs is 4. The lowest BCUT2D eigenvalue weighted by Gasteiger charge is -2.21. The molecule has 4 heterocycles. The van der Waals surface area contributed by atoms with Crippen LogP contribution in [0.15, 0.2) is 29.3 Å². The molecule has 0 aromatic heterocycles. The number of amides is 2.